The highest BCUT2D eigenvalue weighted by Crippen LogP contribution is 2.47. The van der Waals surface area contributed by atoms with Crippen molar-refractivity contribution in [2.24, 2.45) is 17.8 Å². The molecule has 0 N–H and O–H groups in total. The Morgan fingerprint density at radius 1 is 1.00 bits per heavy atom. The molecule has 3 atom stereocenters. The lowest BCUT2D eigenvalue weighted by atomic mass is 9.73. The quantitative estimate of drug-likeness (QED) is 0.739. The third kappa shape index (κ3) is 2.01. The van der Waals surface area contributed by atoms with Gasteiger partial charge in [-0.05, 0) is 85.9 Å². The highest BCUT2D eigenvalue weighted by molar-refractivity contribution is 5.39. The smallest absolute Gasteiger partial charge is 0.00155 e. The molecule has 1 nitrogen and oxygen atoms in total. The van der Waals surface area contributed by atoms with Gasteiger partial charge in [0, 0.05) is 6.54 Å². The van der Waals surface area contributed by atoms with E-state index in [2.05, 4.69) is 41.3 Å². The van der Waals surface area contributed by atoms with Crippen molar-refractivity contribution in [1.29, 1.82) is 0 Å². The maximum absolute atomic E-state index is 2.78. The minimum Gasteiger partial charge on any atom is -0.303 e. The van der Waals surface area contributed by atoms with Crippen molar-refractivity contribution in [3.05, 3.63) is 47.5 Å². The molecule has 1 saturated heterocycles. The van der Waals surface area contributed by atoms with Crippen molar-refractivity contribution in [3.63, 3.8) is 0 Å². The first-order valence-electron chi connectivity index (χ1n) is 9.31. The van der Waals surface area contributed by atoms with Crippen molar-refractivity contribution in [1.82, 2.24) is 4.90 Å². The third-order valence-corrected chi connectivity index (χ3v) is 7.18. The van der Waals surface area contributed by atoms with E-state index in [1.54, 1.807) is 11.1 Å². The van der Waals surface area contributed by atoms with Crippen LogP contribution < -0.4 is 0 Å². The first kappa shape index (κ1) is 13.4. The predicted molar refractivity (Wildman–Crippen MR) is 91.0 cm³/mol. The van der Waals surface area contributed by atoms with Gasteiger partial charge in [0.25, 0.3) is 0 Å². The molecular weight excluding hydrogens is 266 g/mol. The number of nitrogens with zero attached hydrogens (tertiary/aromatic N) is 1. The Hall–Kier alpha value is -1.08. The average molecular weight is 293 g/mol. The highest BCUT2D eigenvalue weighted by atomic mass is 15.1. The van der Waals surface area contributed by atoms with Crippen LogP contribution in [0.5, 0.6) is 0 Å². The molecule has 1 aromatic carbocycles. The molecule has 22 heavy (non-hydrogen) atoms. The molecule has 1 aliphatic heterocycles. The van der Waals surface area contributed by atoms with Crippen molar-refractivity contribution < 1.29 is 0 Å². The zero-order valence-corrected chi connectivity index (χ0v) is 13.5. The molecule has 116 valence electrons. The molecule has 1 saturated carbocycles. The van der Waals surface area contributed by atoms with E-state index in [-0.39, 0.29) is 0 Å². The van der Waals surface area contributed by atoms with Crippen molar-refractivity contribution in [2.75, 3.05) is 19.6 Å². The summed E-state index contributed by atoms with van der Waals surface area (Å²) in [7, 11) is 0. The van der Waals surface area contributed by atoms with E-state index in [9.17, 15) is 0 Å². The number of likely N-dealkylation sites (tertiary alicyclic amines) is 1. The lowest BCUT2D eigenvalue weighted by Crippen LogP contribution is -2.43. The van der Waals surface area contributed by atoms with Crippen LogP contribution in [0.1, 0.15) is 43.2 Å². The van der Waals surface area contributed by atoms with Gasteiger partial charge in [0.2, 0.25) is 0 Å². The van der Waals surface area contributed by atoms with Crippen LogP contribution in [0.15, 0.2) is 36.4 Å². The summed E-state index contributed by atoms with van der Waals surface area (Å²) < 4.78 is 0. The first-order valence-corrected chi connectivity index (χ1v) is 9.31. The molecule has 0 unspecified atom stereocenters. The molecule has 1 heteroatoms. The first-order chi connectivity index (χ1) is 10.8. The Labute approximate surface area is 134 Å². The number of hydrogen-bond donors (Lipinski definition) is 0. The van der Waals surface area contributed by atoms with Crippen molar-refractivity contribution in [2.45, 2.75) is 43.9 Å². The van der Waals surface area contributed by atoms with Gasteiger partial charge in [0.05, 0.1) is 0 Å². The predicted octanol–water partition coefficient (Wildman–Crippen LogP) is 4.18. The van der Waals surface area contributed by atoms with Crippen LogP contribution in [0.2, 0.25) is 0 Å². The molecular formula is C21H27N. The van der Waals surface area contributed by atoms with Gasteiger partial charge >= 0.3 is 0 Å². The summed E-state index contributed by atoms with van der Waals surface area (Å²) in [6.07, 6.45) is 13.4. The topological polar surface area (TPSA) is 3.24 Å². The summed E-state index contributed by atoms with van der Waals surface area (Å²) in [4.78, 5) is 2.78. The number of rotatable bonds is 2. The molecule has 0 amide bonds. The fourth-order valence-electron chi connectivity index (χ4n) is 5.88. The van der Waals surface area contributed by atoms with Crippen LogP contribution in [-0.2, 0) is 11.8 Å². The maximum Gasteiger partial charge on any atom is 0.00155 e. The minimum atomic E-state index is 0.529. The molecule has 1 heterocycles. The van der Waals surface area contributed by atoms with Gasteiger partial charge in [-0.2, -0.15) is 0 Å². The lowest BCUT2D eigenvalue weighted by molar-refractivity contribution is 0.133. The zero-order valence-electron chi connectivity index (χ0n) is 13.5. The third-order valence-electron chi connectivity index (χ3n) is 7.18. The number of hydrogen-bond acceptors (Lipinski definition) is 1. The van der Waals surface area contributed by atoms with Crippen LogP contribution >= 0.6 is 0 Å². The van der Waals surface area contributed by atoms with Gasteiger partial charge in [-0.25, -0.2) is 0 Å². The molecule has 1 spiro atoms. The minimum absolute atomic E-state index is 0.529. The second-order valence-electron chi connectivity index (χ2n) is 8.28. The van der Waals surface area contributed by atoms with E-state index < -0.39 is 0 Å². The number of benzene rings is 1. The summed E-state index contributed by atoms with van der Waals surface area (Å²) in [6, 6.07) is 9.24. The number of aryl methyl sites for hydroxylation is 1. The molecule has 0 radical (unpaired) electrons. The summed E-state index contributed by atoms with van der Waals surface area (Å²) >= 11 is 0. The SMILES string of the molecule is C1=C[C@@H]2C[C@@H]1C[C@@H]2CN1CCC2(CCc3ccccc32)CC1. The second kappa shape index (κ2) is 4.96. The van der Waals surface area contributed by atoms with E-state index >= 15 is 0 Å². The fraction of sp³-hybridized carbons (Fsp3) is 0.619. The average Bonchev–Trinajstić information content (AvgIpc) is 3.25. The molecule has 3 aliphatic carbocycles. The van der Waals surface area contributed by atoms with Gasteiger partial charge in [-0.1, -0.05) is 36.4 Å². The second-order valence-corrected chi connectivity index (χ2v) is 8.28. The van der Waals surface area contributed by atoms with Gasteiger partial charge < -0.3 is 4.90 Å². The van der Waals surface area contributed by atoms with Crippen LogP contribution in [-0.4, -0.2) is 24.5 Å². The summed E-state index contributed by atoms with van der Waals surface area (Å²) in [6.45, 7) is 4.01. The Balaban J connectivity index is 1.25. The van der Waals surface area contributed by atoms with Crippen LogP contribution in [0.4, 0.5) is 0 Å². The largest absolute Gasteiger partial charge is 0.303 e. The van der Waals surface area contributed by atoms with E-state index in [0.717, 1.165) is 17.8 Å². The number of piperidine rings is 1. The molecule has 0 aromatic heterocycles. The van der Waals surface area contributed by atoms with Crippen molar-refractivity contribution in [3.8, 4) is 0 Å². The van der Waals surface area contributed by atoms with Crippen LogP contribution in [0.25, 0.3) is 0 Å². The Morgan fingerprint density at radius 2 is 1.86 bits per heavy atom. The summed E-state index contributed by atoms with van der Waals surface area (Å²) in [5.41, 5.74) is 3.86. The monoisotopic (exact) mass is 293 g/mol. The van der Waals surface area contributed by atoms with Gasteiger partial charge in [0.1, 0.15) is 0 Å². The molecule has 2 bridgehead atoms. The fourth-order valence-corrected chi connectivity index (χ4v) is 5.88. The van der Waals surface area contributed by atoms with Gasteiger partial charge in [-0.15, -0.1) is 0 Å². The van der Waals surface area contributed by atoms with E-state index in [4.69, 9.17) is 0 Å². The van der Waals surface area contributed by atoms with Crippen LogP contribution in [0, 0.1) is 17.8 Å². The van der Waals surface area contributed by atoms with E-state index in [0.29, 0.717) is 5.41 Å². The summed E-state index contributed by atoms with van der Waals surface area (Å²) in [5.74, 6) is 2.79. The van der Waals surface area contributed by atoms with E-state index in [1.807, 2.05) is 0 Å². The molecule has 5 rings (SSSR count). The number of allylic oxidation sites excluding steroid dienone is 2. The highest BCUT2D eigenvalue weighted by Gasteiger charge is 2.42. The van der Waals surface area contributed by atoms with Crippen molar-refractivity contribution >= 4 is 0 Å². The molecule has 1 aromatic rings. The van der Waals surface area contributed by atoms with Crippen LogP contribution in [0.3, 0.4) is 0 Å². The molecule has 2 fully saturated rings. The van der Waals surface area contributed by atoms with E-state index in [1.165, 1.54) is 58.2 Å². The van der Waals surface area contributed by atoms with Gasteiger partial charge in [0.15, 0.2) is 0 Å². The Morgan fingerprint density at radius 3 is 2.64 bits per heavy atom. The normalized spacial score (nSPS) is 35.4. The van der Waals surface area contributed by atoms with Gasteiger partial charge in [-0.3, -0.25) is 0 Å². The number of fused-ring (bicyclic) bond motifs is 4. The molecule has 4 aliphatic rings. The summed E-state index contributed by atoms with van der Waals surface area (Å²) in [5, 5.41) is 0. The standard InChI is InChI=1S/C21H27N/c1-2-4-20-17(3-1)7-8-21(20)9-11-22(12-10-21)15-19-14-16-5-6-18(19)13-16/h1-6,16,18-19H,7-15H2/t16-,18-,19-/m1/s1. The maximum atomic E-state index is 2.78. The zero-order chi connectivity index (χ0) is 14.6. The Bertz CT molecular complexity index is 594. The lowest BCUT2D eigenvalue weighted by Gasteiger charge is -2.41. The Kier molecular flexibility index (Phi) is 3.01.